The molecule has 0 saturated carbocycles. The molecule has 3 aromatic carbocycles. The monoisotopic (exact) mass is 563 g/mol. The average molecular weight is 565 g/mol. The van der Waals surface area contributed by atoms with E-state index < -0.39 is 11.7 Å². The fourth-order valence-corrected chi connectivity index (χ4v) is 5.69. The second-order valence-corrected chi connectivity index (χ2v) is 9.95. The van der Waals surface area contributed by atoms with Crippen LogP contribution in [0, 0.1) is 5.92 Å². The van der Waals surface area contributed by atoms with Gasteiger partial charge in [-0.2, -0.15) is 13.2 Å². The normalized spacial score (nSPS) is 20.7. The van der Waals surface area contributed by atoms with Gasteiger partial charge in [0, 0.05) is 22.2 Å². The van der Waals surface area contributed by atoms with Crippen LogP contribution in [0.5, 0.6) is 11.5 Å². The van der Waals surface area contributed by atoms with Gasteiger partial charge in [0.1, 0.15) is 6.61 Å². The molecule has 1 heterocycles. The second kappa shape index (κ2) is 9.43. The van der Waals surface area contributed by atoms with Crippen molar-refractivity contribution in [3.05, 3.63) is 98.5 Å². The summed E-state index contributed by atoms with van der Waals surface area (Å²) in [4.78, 5) is 0. The second-order valence-electron chi connectivity index (χ2n) is 8.69. The number of fused-ring (bicyclic) bond motifs is 3. The van der Waals surface area contributed by atoms with E-state index in [0.717, 1.165) is 28.1 Å². The lowest BCUT2D eigenvalue weighted by atomic mass is 9.76. The van der Waals surface area contributed by atoms with Gasteiger partial charge in [0.25, 0.3) is 0 Å². The summed E-state index contributed by atoms with van der Waals surface area (Å²) in [7, 11) is 1.58. The molecule has 182 valence electrons. The van der Waals surface area contributed by atoms with Crippen molar-refractivity contribution in [2.24, 2.45) is 5.92 Å². The third-order valence-electron chi connectivity index (χ3n) is 6.63. The zero-order valence-corrected chi connectivity index (χ0v) is 21.0. The van der Waals surface area contributed by atoms with Crippen LogP contribution in [0.4, 0.5) is 18.9 Å². The summed E-state index contributed by atoms with van der Waals surface area (Å²) >= 11 is 9.89. The number of allylic oxidation sites excluding steroid dienone is 2. The number of halogens is 5. The number of anilines is 1. The molecule has 3 aromatic rings. The van der Waals surface area contributed by atoms with Gasteiger partial charge in [-0.15, -0.1) is 0 Å². The van der Waals surface area contributed by atoms with E-state index >= 15 is 0 Å². The molecule has 0 spiro atoms. The SMILES string of the molecule is COc1cc([C@@H]2Nc3ccc(C(F)(F)F)cc3[C@@H]3C=CC[C@H]32)cc(Br)c1OCc1ccccc1Cl. The third-order valence-corrected chi connectivity index (χ3v) is 7.59. The van der Waals surface area contributed by atoms with Gasteiger partial charge in [-0.25, -0.2) is 0 Å². The van der Waals surface area contributed by atoms with Crippen molar-refractivity contribution in [3.63, 3.8) is 0 Å². The highest BCUT2D eigenvalue weighted by Crippen LogP contribution is 2.52. The van der Waals surface area contributed by atoms with Crippen LogP contribution in [0.15, 0.2) is 71.2 Å². The molecule has 35 heavy (non-hydrogen) atoms. The minimum absolute atomic E-state index is 0.0810. The van der Waals surface area contributed by atoms with E-state index in [2.05, 4.69) is 21.2 Å². The van der Waals surface area contributed by atoms with Gasteiger partial charge >= 0.3 is 6.18 Å². The van der Waals surface area contributed by atoms with E-state index in [1.54, 1.807) is 7.11 Å². The predicted molar refractivity (Wildman–Crippen MR) is 134 cm³/mol. The summed E-state index contributed by atoms with van der Waals surface area (Å²) in [6, 6.07) is 15.2. The zero-order chi connectivity index (χ0) is 24.7. The number of hydrogen-bond donors (Lipinski definition) is 1. The molecule has 1 aliphatic carbocycles. The smallest absolute Gasteiger partial charge is 0.416 e. The van der Waals surface area contributed by atoms with Crippen molar-refractivity contribution in [1.82, 2.24) is 0 Å². The summed E-state index contributed by atoms with van der Waals surface area (Å²) in [5, 5.41) is 4.11. The molecule has 1 N–H and O–H groups in total. The Bertz CT molecular complexity index is 1290. The van der Waals surface area contributed by atoms with Gasteiger partial charge in [-0.1, -0.05) is 42.0 Å². The van der Waals surface area contributed by atoms with Crippen LogP contribution < -0.4 is 14.8 Å². The highest BCUT2D eigenvalue weighted by atomic mass is 79.9. The summed E-state index contributed by atoms with van der Waals surface area (Å²) in [6.07, 6.45) is 0.460. The lowest BCUT2D eigenvalue weighted by Crippen LogP contribution is -2.29. The van der Waals surface area contributed by atoms with Crippen LogP contribution in [-0.4, -0.2) is 7.11 Å². The number of ether oxygens (including phenoxy) is 2. The molecule has 8 heteroatoms. The van der Waals surface area contributed by atoms with Crippen molar-refractivity contribution in [1.29, 1.82) is 0 Å². The fraction of sp³-hybridized carbons (Fsp3) is 0.259. The van der Waals surface area contributed by atoms with Gasteiger partial charge in [0.15, 0.2) is 11.5 Å². The molecule has 0 bridgehead atoms. The largest absolute Gasteiger partial charge is 0.493 e. The van der Waals surface area contributed by atoms with Crippen LogP contribution >= 0.6 is 27.5 Å². The van der Waals surface area contributed by atoms with Crippen LogP contribution in [0.3, 0.4) is 0 Å². The van der Waals surface area contributed by atoms with Crippen molar-refractivity contribution in [2.75, 3.05) is 12.4 Å². The maximum Gasteiger partial charge on any atom is 0.416 e. The average Bonchev–Trinajstić information content (AvgIpc) is 3.33. The molecular weight excluding hydrogens is 543 g/mol. The Labute approximate surface area is 215 Å². The quantitative estimate of drug-likeness (QED) is 0.315. The van der Waals surface area contributed by atoms with Crippen molar-refractivity contribution < 1.29 is 22.6 Å². The summed E-state index contributed by atoms with van der Waals surface area (Å²) in [5.74, 6) is 1.10. The van der Waals surface area contributed by atoms with Crippen LogP contribution in [-0.2, 0) is 12.8 Å². The van der Waals surface area contributed by atoms with Crippen LogP contribution in [0.2, 0.25) is 5.02 Å². The lowest BCUT2D eigenvalue weighted by molar-refractivity contribution is -0.137. The molecule has 0 radical (unpaired) electrons. The van der Waals surface area contributed by atoms with E-state index in [1.165, 1.54) is 12.1 Å². The Hall–Kier alpha value is -2.64. The molecule has 3 atom stereocenters. The van der Waals surface area contributed by atoms with E-state index in [4.69, 9.17) is 21.1 Å². The summed E-state index contributed by atoms with van der Waals surface area (Å²) < 4.78 is 52.4. The maximum atomic E-state index is 13.3. The minimum atomic E-state index is -4.37. The zero-order valence-electron chi connectivity index (χ0n) is 18.7. The molecule has 1 aliphatic heterocycles. The number of methoxy groups -OCH3 is 1. The first-order valence-electron chi connectivity index (χ1n) is 11.1. The minimum Gasteiger partial charge on any atom is -0.493 e. The number of rotatable bonds is 5. The highest BCUT2D eigenvalue weighted by molar-refractivity contribution is 9.10. The first-order chi connectivity index (χ1) is 16.8. The van der Waals surface area contributed by atoms with Crippen LogP contribution in [0.1, 0.15) is 40.6 Å². The van der Waals surface area contributed by atoms with Gasteiger partial charge in [-0.3, -0.25) is 0 Å². The molecule has 0 fully saturated rings. The Morgan fingerprint density at radius 2 is 1.91 bits per heavy atom. The number of benzene rings is 3. The van der Waals surface area contributed by atoms with Gasteiger partial charge < -0.3 is 14.8 Å². The van der Waals surface area contributed by atoms with Crippen LogP contribution in [0.25, 0.3) is 0 Å². The Morgan fingerprint density at radius 3 is 2.66 bits per heavy atom. The molecule has 2 aliphatic rings. The molecule has 0 saturated heterocycles. The molecule has 0 aromatic heterocycles. The maximum absolute atomic E-state index is 13.3. The van der Waals surface area contributed by atoms with E-state index in [9.17, 15) is 13.2 Å². The fourth-order valence-electron chi connectivity index (χ4n) is 4.93. The number of hydrogen-bond acceptors (Lipinski definition) is 3. The first kappa shape index (κ1) is 24.1. The van der Waals surface area contributed by atoms with Crippen molar-refractivity contribution in [2.45, 2.75) is 31.2 Å². The molecule has 3 nitrogen and oxygen atoms in total. The first-order valence-corrected chi connectivity index (χ1v) is 12.3. The molecule has 5 rings (SSSR count). The third kappa shape index (κ3) is 4.64. The standard InChI is InChI=1S/C27H22BrClF3NO2/c1-34-24-12-16(11-21(28)26(24)35-14-15-5-2-3-8-22(15)29)25-19-7-4-6-18(19)20-13-17(27(30,31)32)9-10-23(20)33-25/h2-6,8-13,18-19,25,33H,7,14H2,1H3/t18-,19-,25+/m1/s1. The van der Waals surface area contributed by atoms with Crippen molar-refractivity contribution >= 4 is 33.2 Å². The Morgan fingerprint density at radius 1 is 1.11 bits per heavy atom. The topological polar surface area (TPSA) is 30.5 Å². The molecule has 0 amide bonds. The lowest BCUT2D eigenvalue weighted by Gasteiger charge is -2.38. The van der Waals surface area contributed by atoms with E-state index in [-0.39, 0.29) is 24.5 Å². The Balaban J connectivity index is 1.46. The number of alkyl halides is 3. The van der Waals surface area contributed by atoms with Gasteiger partial charge in [0.2, 0.25) is 0 Å². The molecule has 0 unspecified atom stereocenters. The van der Waals surface area contributed by atoms with E-state index in [0.29, 0.717) is 27.8 Å². The predicted octanol–water partition coefficient (Wildman–Crippen LogP) is 8.54. The summed E-state index contributed by atoms with van der Waals surface area (Å²) in [6.45, 7) is 0.277. The van der Waals surface area contributed by atoms with E-state index in [1.807, 2.05) is 48.6 Å². The number of nitrogens with one attached hydrogen (secondary N) is 1. The molecular formula is C27H22BrClF3NO2. The highest BCUT2D eigenvalue weighted by Gasteiger charge is 2.40. The summed E-state index contributed by atoms with van der Waals surface area (Å²) in [5.41, 5.74) is 2.59. The van der Waals surface area contributed by atoms with Crippen molar-refractivity contribution in [3.8, 4) is 11.5 Å². The van der Waals surface area contributed by atoms with Gasteiger partial charge in [0.05, 0.1) is 23.2 Å². The Kier molecular flexibility index (Phi) is 6.49. The van der Waals surface area contributed by atoms with Gasteiger partial charge in [-0.05, 0) is 75.8 Å².